The van der Waals surface area contributed by atoms with Gasteiger partial charge in [0, 0.05) is 32.0 Å². The minimum absolute atomic E-state index is 0.0190. The third kappa shape index (κ3) is 4.33. The van der Waals surface area contributed by atoms with Gasteiger partial charge in [-0.2, -0.15) is 0 Å². The maximum atomic E-state index is 12.8. The summed E-state index contributed by atoms with van der Waals surface area (Å²) in [5.74, 6) is -2.42. The first-order valence-corrected chi connectivity index (χ1v) is 5.35. The summed E-state index contributed by atoms with van der Waals surface area (Å²) in [6.07, 6.45) is 2.03. The first-order chi connectivity index (χ1) is 6.49. The second kappa shape index (κ2) is 5.03. The summed E-state index contributed by atoms with van der Waals surface area (Å²) in [7, 11) is 0. The van der Waals surface area contributed by atoms with Gasteiger partial charge in [0.25, 0.3) is 5.92 Å². The Bertz CT molecular complexity index is 162. The van der Waals surface area contributed by atoms with Crippen LogP contribution in [0, 0.1) is 0 Å². The van der Waals surface area contributed by atoms with E-state index >= 15 is 0 Å². The summed E-state index contributed by atoms with van der Waals surface area (Å²) < 4.78 is 25.6. The highest BCUT2D eigenvalue weighted by Gasteiger charge is 2.33. The number of hydrogen-bond donors (Lipinski definition) is 1. The Kier molecular flexibility index (Phi) is 4.26. The fourth-order valence-electron chi connectivity index (χ4n) is 1.74. The first kappa shape index (κ1) is 11.9. The average Bonchev–Trinajstić information content (AvgIpc) is 2.07. The molecular weight excluding hydrogens is 186 g/mol. The van der Waals surface area contributed by atoms with Gasteiger partial charge in [-0.25, -0.2) is 8.78 Å². The number of alkyl halides is 2. The molecule has 0 saturated carbocycles. The van der Waals surface area contributed by atoms with Crippen molar-refractivity contribution in [1.82, 2.24) is 4.90 Å². The Morgan fingerprint density at radius 3 is 2.43 bits per heavy atom. The van der Waals surface area contributed by atoms with Crippen LogP contribution in [0.5, 0.6) is 0 Å². The number of halogens is 2. The molecule has 84 valence electrons. The fourth-order valence-corrected chi connectivity index (χ4v) is 1.74. The van der Waals surface area contributed by atoms with Crippen LogP contribution >= 0.6 is 0 Å². The molecular formula is C10H20F2N2. The Morgan fingerprint density at radius 1 is 1.36 bits per heavy atom. The van der Waals surface area contributed by atoms with Gasteiger partial charge in [0.2, 0.25) is 0 Å². The van der Waals surface area contributed by atoms with E-state index in [0.717, 1.165) is 19.4 Å². The van der Waals surface area contributed by atoms with Crippen LogP contribution in [0.15, 0.2) is 0 Å². The van der Waals surface area contributed by atoms with E-state index in [1.54, 1.807) is 0 Å². The topological polar surface area (TPSA) is 29.3 Å². The molecule has 1 aliphatic heterocycles. The van der Waals surface area contributed by atoms with Crippen molar-refractivity contribution >= 4 is 0 Å². The molecule has 0 bridgehead atoms. The van der Waals surface area contributed by atoms with Crippen molar-refractivity contribution in [2.24, 2.45) is 5.73 Å². The van der Waals surface area contributed by atoms with E-state index < -0.39 is 5.92 Å². The van der Waals surface area contributed by atoms with Gasteiger partial charge < -0.3 is 10.6 Å². The van der Waals surface area contributed by atoms with Gasteiger partial charge in [-0.15, -0.1) is 0 Å². The molecule has 0 spiro atoms. The molecule has 2 nitrogen and oxygen atoms in total. The van der Waals surface area contributed by atoms with Gasteiger partial charge in [0.1, 0.15) is 0 Å². The Hall–Kier alpha value is -0.220. The predicted octanol–water partition coefficient (Wildman–Crippen LogP) is 1.84. The number of nitrogens with two attached hydrogens (primary N) is 1. The van der Waals surface area contributed by atoms with Gasteiger partial charge in [-0.1, -0.05) is 0 Å². The van der Waals surface area contributed by atoms with Gasteiger partial charge in [0.15, 0.2) is 0 Å². The van der Waals surface area contributed by atoms with E-state index in [1.165, 1.54) is 0 Å². The monoisotopic (exact) mass is 206 g/mol. The summed E-state index contributed by atoms with van der Waals surface area (Å²) >= 11 is 0. The van der Waals surface area contributed by atoms with Crippen LogP contribution in [0.2, 0.25) is 0 Å². The lowest BCUT2D eigenvalue weighted by atomic mass is 10.1. The SMILES string of the molecule is CC(N)CCCN1CCC(F)(F)CC1. The molecule has 0 radical (unpaired) electrons. The van der Waals surface area contributed by atoms with Crippen molar-refractivity contribution in [3.05, 3.63) is 0 Å². The van der Waals surface area contributed by atoms with Gasteiger partial charge in [-0.05, 0) is 26.3 Å². The quantitative estimate of drug-likeness (QED) is 0.760. The normalized spacial score (nSPS) is 24.9. The molecule has 1 rings (SSSR count). The van der Waals surface area contributed by atoms with Crippen molar-refractivity contribution in [2.45, 2.75) is 44.6 Å². The van der Waals surface area contributed by atoms with E-state index in [2.05, 4.69) is 4.90 Å². The van der Waals surface area contributed by atoms with Crippen LogP contribution < -0.4 is 5.73 Å². The van der Waals surface area contributed by atoms with E-state index in [-0.39, 0.29) is 18.9 Å². The minimum Gasteiger partial charge on any atom is -0.328 e. The lowest BCUT2D eigenvalue weighted by Gasteiger charge is -2.31. The maximum Gasteiger partial charge on any atom is 0.250 e. The van der Waals surface area contributed by atoms with E-state index in [0.29, 0.717) is 13.1 Å². The van der Waals surface area contributed by atoms with E-state index in [1.807, 2.05) is 6.92 Å². The number of piperidine rings is 1. The highest BCUT2D eigenvalue weighted by molar-refractivity contribution is 4.77. The number of likely N-dealkylation sites (tertiary alicyclic amines) is 1. The van der Waals surface area contributed by atoms with Crippen LogP contribution in [-0.4, -0.2) is 36.5 Å². The number of nitrogens with zero attached hydrogens (tertiary/aromatic N) is 1. The highest BCUT2D eigenvalue weighted by atomic mass is 19.3. The zero-order valence-corrected chi connectivity index (χ0v) is 8.81. The molecule has 1 atom stereocenters. The summed E-state index contributed by atoms with van der Waals surface area (Å²) in [5, 5.41) is 0. The molecule has 1 unspecified atom stereocenters. The lowest BCUT2D eigenvalue weighted by molar-refractivity contribution is -0.0552. The third-order valence-electron chi connectivity index (χ3n) is 2.72. The Balaban J connectivity index is 2.10. The van der Waals surface area contributed by atoms with E-state index in [9.17, 15) is 8.78 Å². The molecule has 4 heteroatoms. The molecule has 0 aromatic carbocycles. The van der Waals surface area contributed by atoms with Gasteiger partial charge in [-0.3, -0.25) is 0 Å². The van der Waals surface area contributed by atoms with Crippen LogP contribution in [0.25, 0.3) is 0 Å². The van der Waals surface area contributed by atoms with Crippen molar-refractivity contribution in [3.63, 3.8) is 0 Å². The highest BCUT2D eigenvalue weighted by Crippen LogP contribution is 2.27. The van der Waals surface area contributed by atoms with Gasteiger partial charge in [0.05, 0.1) is 0 Å². The van der Waals surface area contributed by atoms with Crippen LogP contribution in [0.3, 0.4) is 0 Å². The molecule has 0 aliphatic carbocycles. The lowest BCUT2D eigenvalue weighted by Crippen LogP contribution is -2.39. The molecule has 14 heavy (non-hydrogen) atoms. The summed E-state index contributed by atoms with van der Waals surface area (Å²) in [5.41, 5.74) is 5.61. The number of hydrogen-bond acceptors (Lipinski definition) is 2. The molecule has 0 aromatic heterocycles. The molecule has 1 saturated heterocycles. The van der Waals surface area contributed by atoms with Crippen molar-refractivity contribution in [2.75, 3.05) is 19.6 Å². The van der Waals surface area contributed by atoms with Crippen LogP contribution in [-0.2, 0) is 0 Å². The molecule has 1 fully saturated rings. The summed E-state index contributed by atoms with van der Waals surface area (Å²) in [4.78, 5) is 2.11. The largest absolute Gasteiger partial charge is 0.328 e. The molecule has 1 heterocycles. The van der Waals surface area contributed by atoms with E-state index in [4.69, 9.17) is 5.73 Å². The zero-order chi connectivity index (χ0) is 10.6. The second-order valence-corrected chi connectivity index (χ2v) is 4.32. The summed E-state index contributed by atoms with van der Waals surface area (Å²) in [6, 6.07) is 0.223. The molecule has 0 aromatic rings. The molecule has 2 N–H and O–H groups in total. The van der Waals surface area contributed by atoms with Crippen LogP contribution in [0.1, 0.15) is 32.6 Å². The smallest absolute Gasteiger partial charge is 0.250 e. The summed E-state index contributed by atoms with van der Waals surface area (Å²) in [6.45, 7) is 3.96. The van der Waals surface area contributed by atoms with Gasteiger partial charge >= 0.3 is 0 Å². The average molecular weight is 206 g/mol. The third-order valence-corrected chi connectivity index (χ3v) is 2.72. The predicted molar refractivity (Wildman–Crippen MR) is 53.5 cm³/mol. The maximum absolute atomic E-state index is 12.8. The minimum atomic E-state index is -2.42. The van der Waals surface area contributed by atoms with Crippen LogP contribution in [0.4, 0.5) is 8.78 Å². The zero-order valence-electron chi connectivity index (χ0n) is 8.81. The molecule has 0 amide bonds. The molecule has 1 aliphatic rings. The first-order valence-electron chi connectivity index (χ1n) is 5.35. The van der Waals surface area contributed by atoms with Crippen molar-refractivity contribution in [1.29, 1.82) is 0 Å². The Labute approximate surface area is 84.4 Å². The van der Waals surface area contributed by atoms with Crippen molar-refractivity contribution in [3.8, 4) is 0 Å². The number of rotatable bonds is 4. The standard InChI is InChI=1S/C10H20F2N2/c1-9(13)3-2-6-14-7-4-10(11,12)5-8-14/h9H,2-8,13H2,1H3. The Morgan fingerprint density at radius 2 is 1.93 bits per heavy atom. The van der Waals surface area contributed by atoms with Crippen molar-refractivity contribution < 1.29 is 8.78 Å². The fraction of sp³-hybridized carbons (Fsp3) is 1.00. The second-order valence-electron chi connectivity index (χ2n) is 4.32.